The van der Waals surface area contributed by atoms with Crippen LogP contribution in [0.5, 0.6) is 0 Å². The predicted octanol–water partition coefficient (Wildman–Crippen LogP) is 3.56. The van der Waals surface area contributed by atoms with Crippen molar-refractivity contribution in [3.63, 3.8) is 0 Å². The van der Waals surface area contributed by atoms with Gasteiger partial charge in [0.2, 0.25) is 0 Å². The number of carboxylic acids is 1. The van der Waals surface area contributed by atoms with E-state index in [9.17, 15) is 14.4 Å². The Bertz CT molecular complexity index is 500. The van der Waals surface area contributed by atoms with E-state index in [0.717, 1.165) is 12.5 Å². The van der Waals surface area contributed by atoms with Crippen molar-refractivity contribution in [2.75, 3.05) is 0 Å². The third-order valence-corrected chi connectivity index (χ3v) is 2.94. The van der Waals surface area contributed by atoms with E-state index in [0.29, 0.717) is 0 Å². The first-order valence-electron chi connectivity index (χ1n) is 8.28. The molecule has 0 amide bonds. The molecular formula is C19H30O6. The number of allylic oxidation sites excluding steroid dienone is 2. The second-order valence-corrected chi connectivity index (χ2v) is 5.54. The molecule has 0 aliphatic rings. The highest BCUT2D eigenvalue weighted by atomic mass is 16.5. The number of hydrogen-bond acceptors (Lipinski definition) is 5. The van der Waals surface area contributed by atoms with E-state index in [4.69, 9.17) is 14.9 Å². The first kappa shape index (κ1) is 25.0. The van der Waals surface area contributed by atoms with Gasteiger partial charge in [-0.2, -0.15) is 0 Å². The summed E-state index contributed by atoms with van der Waals surface area (Å²) in [6, 6.07) is 0. The zero-order valence-electron chi connectivity index (χ0n) is 15.6. The molecule has 0 saturated heterocycles. The fourth-order valence-corrected chi connectivity index (χ4v) is 1.58. The Kier molecular flexibility index (Phi) is 15.3. The van der Waals surface area contributed by atoms with Gasteiger partial charge in [0.05, 0.1) is 11.7 Å². The highest BCUT2D eigenvalue weighted by Crippen LogP contribution is 2.14. The van der Waals surface area contributed by atoms with Crippen molar-refractivity contribution in [3.8, 4) is 0 Å². The molecule has 0 spiro atoms. The van der Waals surface area contributed by atoms with Crippen LogP contribution in [0.25, 0.3) is 0 Å². The number of rotatable bonds is 10. The molecule has 6 heteroatoms. The van der Waals surface area contributed by atoms with Crippen LogP contribution < -0.4 is 0 Å². The van der Waals surface area contributed by atoms with E-state index in [1.807, 2.05) is 6.08 Å². The quantitative estimate of drug-likeness (QED) is 0.269. The molecule has 0 aromatic rings. The van der Waals surface area contributed by atoms with Crippen LogP contribution in [-0.2, 0) is 19.1 Å². The maximum absolute atomic E-state index is 10.9. The van der Waals surface area contributed by atoms with Crippen molar-refractivity contribution in [1.29, 1.82) is 0 Å². The monoisotopic (exact) mass is 354 g/mol. The summed E-state index contributed by atoms with van der Waals surface area (Å²) in [5.41, 5.74) is -0.105. The van der Waals surface area contributed by atoms with Crippen molar-refractivity contribution in [2.45, 2.75) is 65.9 Å². The summed E-state index contributed by atoms with van der Waals surface area (Å²) in [5.74, 6) is -1.84. The molecule has 0 saturated carbocycles. The van der Waals surface area contributed by atoms with E-state index in [1.165, 1.54) is 33.1 Å². The molecule has 6 nitrogen and oxygen atoms in total. The van der Waals surface area contributed by atoms with Gasteiger partial charge in [-0.3, -0.25) is 4.79 Å². The number of ketones is 1. The Morgan fingerprint density at radius 2 is 1.80 bits per heavy atom. The Labute approximate surface area is 149 Å². The number of ether oxygens (including phenoxy) is 1. The lowest BCUT2D eigenvalue weighted by atomic mass is 10.1. The molecule has 25 heavy (non-hydrogen) atoms. The minimum Gasteiger partial charge on any atom is -0.478 e. The lowest BCUT2D eigenvalue weighted by molar-refractivity contribution is -0.135. The van der Waals surface area contributed by atoms with Gasteiger partial charge in [0.15, 0.2) is 5.78 Å². The van der Waals surface area contributed by atoms with Gasteiger partial charge in [-0.15, -0.1) is 0 Å². The molecule has 0 fully saturated rings. The van der Waals surface area contributed by atoms with Crippen LogP contribution in [0.2, 0.25) is 0 Å². The molecule has 142 valence electrons. The molecule has 1 atom stereocenters. The van der Waals surface area contributed by atoms with Crippen LogP contribution >= 0.6 is 0 Å². The Morgan fingerprint density at radius 3 is 2.20 bits per heavy atom. The number of unbranched alkanes of at least 4 members (excludes halogenated alkanes) is 3. The van der Waals surface area contributed by atoms with Gasteiger partial charge in [-0.25, -0.2) is 9.59 Å². The first-order valence-corrected chi connectivity index (χ1v) is 8.28. The van der Waals surface area contributed by atoms with Gasteiger partial charge in [-0.05, 0) is 39.7 Å². The number of aliphatic hydroxyl groups excluding tert-OH is 1. The van der Waals surface area contributed by atoms with Gasteiger partial charge in [-0.1, -0.05) is 32.4 Å². The number of carboxylic acid groups (broad SMARTS) is 1. The van der Waals surface area contributed by atoms with Gasteiger partial charge in [0.1, 0.15) is 5.76 Å². The second-order valence-electron chi connectivity index (χ2n) is 5.54. The van der Waals surface area contributed by atoms with Crippen LogP contribution in [0.3, 0.4) is 0 Å². The topological polar surface area (TPSA) is 101 Å². The zero-order chi connectivity index (χ0) is 19.8. The van der Waals surface area contributed by atoms with E-state index < -0.39 is 18.0 Å². The lowest BCUT2D eigenvalue weighted by Crippen LogP contribution is -2.12. The minimum atomic E-state index is -1.19. The molecule has 0 heterocycles. The maximum Gasteiger partial charge on any atom is 0.335 e. The molecular weight excluding hydrogens is 324 g/mol. The SMILES string of the molecule is C=CC(=O)OC(CC(C)O)=C(C)C(=O)O.CCCCCC=CC(C)=O. The zero-order valence-corrected chi connectivity index (χ0v) is 15.6. The summed E-state index contributed by atoms with van der Waals surface area (Å²) in [4.78, 5) is 31.9. The maximum atomic E-state index is 10.9. The number of carbonyl (C=O) groups excluding carboxylic acids is 2. The van der Waals surface area contributed by atoms with Crippen LogP contribution in [0.1, 0.15) is 59.8 Å². The third-order valence-electron chi connectivity index (χ3n) is 2.94. The highest BCUT2D eigenvalue weighted by Gasteiger charge is 2.15. The minimum absolute atomic E-state index is 0.0300. The van der Waals surface area contributed by atoms with Crippen molar-refractivity contribution in [2.24, 2.45) is 0 Å². The molecule has 0 aromatic heterocycles. The van der Waals surface area contributed by atoms with Gasteiger partial charge in [0, 0.05) is 12.5 Å². The summed E-state index contributed by atoms with van der Waals surface area (Å²) in [7, 11) is 0. The molecule has 2 N–H and O–H groups in total. The number of esters is 1. The fourth-order valence-electron chi connectivity index (χ4n) is 1.58. The number of aliphatic carboxylic acids is 1. The number of aliphatic hydroxyl groups is 1. The number of hydrogen-bond donors (Lipinski definition) is 2. The summed E-state index contributed by atoms with van der Waals surface area (Å²) in [6.45, 7) is 9.72. The van der Waals surface area contributed by atoms with Crippen molar-refractivity contribution < 1.29 is 29.3 Å². The van der Waals surface area contributed by atoms with Gasteiger partial charge < -0.3 is 14.9 Å². The molecule has 0 bridgehead atoms. The smallest absolute Gasteiger partial charge is 0.335 e. The average Bonchev–Trinajstić information content (AvgIpc) is 2.53. The predicted molar refractivity (Wildman–Crippen MR) is 96.9 cm³/mol. The highest BCUT2D eigenvalue weighted by molar-refractivity contribution is 5.88. The largest absolute Gasteiger partial charge is 0.478 e. The van der Waals surface area contributed by atoms with Crippen molar-refractivity contribution in [1.82, 2.24) is 0 Å². The van der Waals surface area contributed by atoms with Crippen LogP contribution in [0.4, 0.5) is 0 Å². The van der Waals surface area contributed by atoms with E-state index in [1.54, 1.807) is 13.0 Å². The van der Waals surface area contributed by atoms with Gasteiger partial charge >= 0.3 is 11.9 Å². The summed E-state index contributed by atoms with van der Waals surface area (Å²) < 4.78 is 4.72. The first-order chi connectivity index (χ1) is 11.6. The van der Waals surface area contributed by atoms with Crippen LogP contribution in [-0.4, -0.2) is 34.0 Å². The Morgan fingerprint density at radius 1 is 1.20 bits per heavy atom. The standard InChI is InChI=1S/C10H14O5.C9H16O/c1-4-9(12)15-8(5-6(2)11)7(3)10(13)14;1-3-4-5-6-7-8-9(2)10/h4,6,11H,1,5H2,2-3H3,(H,13,14);7-8H,3-6H2,1-2H3. The van der Waals surface area contributed by atoms with Crippen molar-refractivity contribution in [3.05, 3.63) is 36.1 Å². The van der Waals surface area contributed by atoms with E-state index in [2.05, 4.69) is 13.5 Å². The molecule has 0 aliphatic heterocycles. The molecule has 0 radical (unpaired) electrons. The van der Waals surface area contributed by atoms with E-state index in [-0.39, 0.29) is 23.5 Å². The summed E-state index contributed by atoms with van der Waals surface area (Å²) in [6.07, 6.45) is 8.48. The van der Waals surface area contributed by atoms with E-state index >= 15 is 0 Å². The average molecular weight is 354 g/mol. The number of carbonyl (C=O) groups is 3. The third kappa shape index (κ3) is 16.4. The molecule has 1 unspecified atom stereocenters. The molecule has 0 rings (SSSR count). The van der Waals surface area contributed by atoms with Gasteiger partial charge in [0.25, 0.3) is 0 Å². The van der Waals surface area contributed by atoms with Crippen LogP contribution in [0.15, 0.2) is 36.1 Å². The summed E-state index contributed by atoms with van der Waals surface area (Å²) >= 11 is 0. The second kappa shape index (κ2) is 15.3. The lowest BCUT2D eigenvalue weighted by Gasteiger charge is -2.10. The molecule has 0 aliphatic carbocycles. The normalized spacial score (nSPS) is 12.5. The summed E-state index contributed by atoms with van der Waals surface area (Å²) in [5, 5.41) is 17.8. The van der Waals surface area contributed by atoms with Crippen molar-refractivity contribution >= 4 is 17.7 Å². The molecule has 0 aromatic carbocycles. The Hall–Kier alpha value is -2.21. The Balaban J connectivity index is 0. The van der Waals surface area contributed by atoms with Crippen LogP contribution in [0, 0.1) is 0 Å². The fraction of sp³-hybridized carbons (Fsp3) is 0.526.